The molecular weight excluding hydrogens is 446 g/mol. The molecule has 8 nitrogen and oxygen atoms in total. The minimum Gasteiger partial charge on any atom is -0.339 e. The Bertz CT molecular complexity index is 1310. The van der Waals surface area contributed by atoms with E-state index in [1.54, 1.807) is 17.5 Å². The predicted molar refractivity (Wildman–Crippen MR) is 123 cm³/mol. The number of carbonyl (C=O) groups excluding carboxylic acids is 1. The van der Waals surface area contributed by atoms with E-state index < -0.39 is 17.1 Å². The van der Waals surface area contributed by atoms with Crippen LogP contribution in [0.5, 0.6) is 0 Å². The summed E-state index contributed by atoms with van der Waals surface area (Å²) in [7, 11) is 0. The van der Waals surface area contributed by atoms with Crippen molar-refractivity contribution in [2.24, 2.45) is 5.92 Å². The predicted octanol–water partition coefficient (Wildman–Crippen LogP) is 4.11. The van der Waals surface area contributed by atoms with Crippen molar-refractivity contribution in [1.82, 2.24) is 19.9 Å². The van der Waals surface area contributed by atoms with Gasteiger partial charge in [-0.2, -0.15) is 0 Å². The van der Waals surface area contributed by atoms with E-state index in [-0.39, 0.29) is 11.7 Å². The molecule has 0 bridgehead atoms. The maximum atomic E-state index is 12.8. The van der Waals surface area contributed by atoms with Gasteiger partial charge in [0.15, 0.2) is 28.1 Å². The van der Waals surface area contributed by atoms with E-state index in [2.05, 4.69) is 15.3 Å². The van der Waals surface area contributed by atoms with Crippen molar-refractivity contribution < 1.29 is 14.3 Å². The number of Topliss-reactive ketones (excluding diaryl/α,β-unsaturated/α-hetero) is 1. The zero-order valence-corrected chi connectivity index (χ0v) is 20.1. The Morgan fingerprint density at radius 2 is 2.00 bits per heavy atom. The Kier molecular flexibility index (Phi) is 4.14. The Balaban J connectivity index is 1.51. The van der Waals surface area contributed by atoms with Gasteiger partial charge >= 0.3 is 0 Å². The Hall–Kier alpha value is -2.14. The number of aryl methyl sites for hydroxylation is 2. The second kappa shape index (κ2) is 6.47. The minimum absolute atomic E-state index is 0.112. The first-order valence-electron chi connectivity index (χ1n) is 10.6. The molecule has 3 atom stereocenters. The van der Waals surface area contributed by atoms with Crippen LogP contribution in [0, 0.1) is 19.8 Å². The summed E-state index contributed by atoms with van der Waals surface area (Å²) in [6, 6.07) is 1.97. The molecule has 1 aliphatic heterocycles. The van der Waals surface area contributed by atoms with Crippen LogP contribution in [0.4, 0.5) is 5.82 Å². The molecule has 0 radical (unpaired) electrons. The summed E-state index contributed by atoms with van der Waals surface area (Å²) in [5.74, 6) is -0.256. The van der Waals surface area contributed by atoms with E-state index in [9.17, 15) is 4.79 Å². The number of fused-ring (bicyclic) bond motifs is 1. The monoisotopic (exact) mass is 469 g/mol. The SMILES string of the molecule is CSc1nc(C)c(-c2nc3c(C)nccc3s2)c(NC23CCC4C(=O)C42OC(C)(C)O3)n1. The van der Waals surface area contributed by atoms with Crippen LogP contribution in [0.15, 0.2) is 17.4 Å². The molecule has 0 amide bonds. The van der Waals surface area contributed by atoms with Gasteiger partial charge in [-0.3, -0.25) is 9.78 Å². The Morgan fingerprint density at radius 3 is 2.72 bits per heavy atom. The molecule has 3 fully saturated rings. The van der Waals surface area contributed by atoms with E-state index in [0.717, 1.165) is 38.6 Å². The third-order valence-corrected chi connectivity index (χ3v) is 8.16. The number of pyridine rings is 1. The van der Waals surface area contributed by atoms with E-state index in [0.29, 0.717) is 17.4 Å². The van der Waals surface area contributed by atoms with E-state index >= 15 is 0 Å². The van der Waals surface area contributed by atoms with Crippen molar-refractivity contribution in [3.8, 4) is 10.6 Å². The van der Waals surface area contributed by atoms with Gasteiger partial charge in [0.25, 0.3) is 0 Å². The number of nitrogens with zero attached hydrogens (tertiary/aromatic N) is 4. The maximum Gasteiger partial charge on any atom is 0.189 e. The van der Waals surface area contributed by atoms with E-state index in [4.69, 9.17) is 19.4 Å². The largest absolute Gasteiger partial charge is 0.339 e. The molecule has 4 heterocycles. The third kappa shape index (κ3) is 2.60. The number of aromatic nitrogens is 4. The van der Waals surface area contributed by atoms with Gasteiger partial charge in [-0.15, -0.1) is 11.3 Å². The van der Waals surface area contributed by atoms with Gasteiger partial charge in [0.2, 0.25) is 0 Å². The molecule has 32 heavy (non-hydrogen) atoms. The van der Waals surface area contributed by atoms with Crippen LogP contribution < -0.4 is 5.32 Å². The van der Waals surface area contributed by atoms with Gasteiger partial charge in [0.05, 0.1) is 27.6 Å². The summed E-state index contributed by atoms with van der Waals surface area (Å²) in [5, 5.41) is 5.00. The highest BCUT2D eigenvalue weighted by Crippen LogP contribution is 2.67. The maximum absolute atomic E-state index is 12.8. The number of hydrogen-bond acceptors (Lipinski definition) is 10. The summed E-state index contributed by atoms with van der Waals surface area (Å²) in [4.78, 5) is 31.5. The number of hydrogen-bond donors (Lipinski definition) is 1. The highest BCUT2D eigenvalue weighted by atomic mass is 32.2. The van der Waals surface area contributed by atoms with Crippen LogP contribution in [-0.2, 0) is 14.3 Å². The Morgan fingerprint density at radius 1 is 1.19 bits per heavy atom. The summed E-state index contributed by atoms with van der Waals surface area (Å²) in [5.41, 5.74) is 1.50. The van der Waals surface area contributed by atoms with Gasteiger partial charge in [-0.25, -0.2) is 15.0 Å². The lowest BCUT2D eigenvalue weighted by molar-refractivity contribution is -0.165. The average Bonchev–Trinajstić information content (AvgIpc) is 3.05. The Labute approximate surface area is 193 Å². The lowest BCUT2D eigenvalue weighted by atomic mass is 10.0. The number of ether oxygens (including phenoxy) is 2. The summed E-state index contributed by atoms with van der Waals surface area (Å²) in [6.07, 6.45) is 5.15. The number of anilines is 1. The molecule has 1 spiro atoms. The number of thioether (sulfide) groups is 1. The zero-order valence-electron chi connectivity index (χ0n) is 18.5. The third-order valence-electron chi connectivity index (χ3n) is 6.58. The molecule has 3 unspecified atom stereocenters. The minimum atomic E-state index is -0.947. The van der Waals surface area contributed by atoms with E-state index in [1.165, 1.54) is 11.8 Å². The zero-order chi connectivity index (χ0) is 22.5. The molecule has 10 heteroatoms. The standard InChI is InChI=1S/C22H23N5O3S2/c1-10-14(18-25-15-11(2)23-9-7-13(15)32-18)17(26-19(24-10)31-5)27-21-8-6-12-16(28)22(12,21)30-20(3,4)29-21/h7,9,12H,6,8H2,1-5H3,(H,24,26,27). The molecule has 166 valence electrons. The van der Waals surface area contributed by atoms with Crippen LogP contribution in [0.2, 0.25) is 0 Å². The van der Waals surface area contributed by atoms with Gasteiger partial charge < -0.3 is 14.8 Å². The molecule has 3 aliphatic rings. The highest BCUT2D eigenvalue weighted by molar-refractivity contribution is 7.98. The first-order valence-corrected chi connectivity index (χ1v) is 12.6. The topological polar surface area (TPSA) is 99.1 Å². The van der Waals surface area contributed by atoms with Gasteiger partial charge in [-0.05, 0) is 52.9 Å². The van der Waals surface area contributed by atoms with Crippen LogP contribution in [0.1, 0.15) is 38.1 Å². The second-order valence-corrected chi connectivity index (χ2v) is 10.8. The molecule has 3 aromatic rings. The summed E-state index contributed by atoms with van der Waals surface area (Å²) in [6.45, 7) is 7.63. The number of thiazole rings is 1. The van der Waals surface area contributed by atoms with Crippen LogP contribution in [0.25, 0.3) is 20.8 Å². The average molecular weight is 470 g/mol. The molecule has 3 aromatic heterocycles. The normalized spacial score (nSPS) is 29.9. The molecule has 2 aliphatic carbocycles. The number of ketones is 1. The fraction of sp³-hybridized carbons (Fsp3) is 0.500. The van der Waals surface area contributed by atoms with Crippen molar-refractivity contribution in [2.75, 3.05) is 11.6 Å². The van der Waals surface area contributed by atoms with Crippen molar-refractivity contribution in [3.63, 3.8) is 0 Å². The fourth-order valence-corrected chi connectivity index (χ4v) is 6.82. The molecule has 1 N–H and O–H groups in total. The quantitative estimate of drug-likeness (QED) is 0.447. The molecule has 6 rings (SSSR count). The van der Waals surface area contributed by atoms with E-state index in [1.807, 2.05) is 40.0 Å². The van der Waals surface area contributed by atoms with Crippen molar-refractivity contribution in [2.45, 2.75) is 62.8 Å². The highest BCUT2D eigenvalue weighted by Gasteiger charge is 2.86. The summed E-state index contributed by atoms with van der Waals surface area (Å²) >= 11 is 3.05. The van der Waals surface area contributed by atoms with Gasteiger partial charge in [0, 0.05) is 6.20 Å². The first-order chi connectivity index (χ1) is 15.2. The molecule has 1 saturated heterocycles. The molecule has 0 aromatic carbocycles. The van der Waals surface area contributed by atoms with Crippen LogP contribution >= 0.6 is 23.1 Å². The van der Waals surface area contributed by atoms with Crippen LogP contribution in [0.3, 0.4) is 0 Å². The second-order valence-electron chi connectivity index (χ2n) is 9.03. The molecule has 2 saturated carbocycles. The summed E-state index contributed by atoms with van der Waals surface area (Å²) < 4.78 is 13.7. The first kappa shape index (κ1) is 20.5. The van der Waals surface area contributed by atoms with Crippen molar-refractivity contribution in [3.05, 3.63) is 23.7 Å². The van der Waals surface area contributed by atoms with Gasteiger partial charge in [0.1, 0.15) is 16.3 Å². The van der Waals surface area contributed by atoms with Crippen LogP contribution in [-0.4, -0.2) is 49.1 Å². The number of nitrogens with one attached hydrogen (secondary N) is 1. The number of rotatable bonds is 4. The lowest BCUT2D eigenvalue weighted by Gasteiger charge is -2.32. The van der Waals surface area contributed by atoms with Crippen molar-refractivity contribution in [1.29, 1.82) is 0 Å². The van der Waals surface area contributed by atoms with Gasteiger partial charge in [-0.1, -0.05) is 11.8 Å². The lowest BCUT2D eigenvalue weighted by Crippen LogP contribution is -2.49. The molecular formula is C22H23N5O3S2. The smallest absolute Gasteiger partial charge is 0.189 e. The fourth-order valence-electron chi connectivity index (χ4n) is 5.29. The van der Waals surface area contributed by atoms with Crippen molar-refractivity contribution >= 4 is 44.9 Å². The number of carbonyl (C=O) groups is 1.